The second-order valence-electron chi connectivity index (χ2n) is 3.92. The van der Waals surface area contributed by atoms with Crippen LogP contribution in [0.25, 0.3) is 6.08 Å². The van der Waals surface area contributed by atoms with Gasteiger partial charge in [0, 0.05) is 5.56 Å². The number of hydrogen-bond donors (Lipinski definition) is 0. The van der Waals surface area contributed by atoms with E-state index in [1.807, 2.05) is 0 Å². The normalized spacial score (nSPS) is 16.8. The molecule has 0 atom stereocenters. The lowest BCUT2D eigenvalue weighted by Crippen LogP contribution is -2.40. The highest BCUT2D eigenvalue weighted by Crippen LogP contribution is 2.32. The molecule has 1 heterocycles. The summed E-state index contributed by atoms with van der Waals surface area (Å²) in [5.74, 6) is -1.82. The summed E-state index contributed by atoms with van der Waals surface area (Å²) in [5.41, 5.74) is 1.26. The van der Waals surface area contributed by atoms with Crippen LogP contribution in [0.15, 0.2) is 29.2 Å². The molecule has 5 nitrogen and oxygen atoms in total. The number of hydrogen-bond acceptors (Lipinski definition) is 6. The Bertz CT molecular complexity index is 622. The molecular formula is C13H8NO4S2-. The summed E-state index contributed by atoms with van der Waals surface area (Å²) < 4.78 is 0.190. The number of benzene rings is 1. The Labute approximate surface area is 124 Å². The van der Waals surface area contributed by atoms with Gasteiger partial charge in [-0.2, -0.15) is 0 Å². The van der Waals surface area contributed by atoms with Crippen molar-refractivity contribution in [2.75, 3.05) is 6.54 Å². The van der Waals surface area contributed by atoms with Gasteiger partial charge in [0.2, 0.25) is 0 Å². The van der Waals surface area contributed by atoms with Gasteiger partial charge in [-0.15, -0.1) is 0 Å². The number of carboxylic acid groups (broad SMARTS) is 1. The summed E-state index contributed by atoms with van der Waals surface area (Å²) in [4.78, 5) is 34.4. The van der Waals surface area contributed by atoms with Gasteiger partial charge in [-0.05, 0) is 11.6 Å². The highest BCUT2D eigenvalue weighted by molar-refractivity contribution is 8.26. The molecule has 0 N–H and O–H groups in total. The third-order valence-electron chi connectivity index (χ3n) is 2.53. The minimum Gasteiger partial charge on any atom is -0.548 e. The van der Waals surface area contributed by atoms with Gasteiger partial charge in [-0.1, -0.05) is 48.2 Å². The summed E-state index contributed by atoms with van der Waals surface area (Å²) in [6, 6.07) is 6.63. The summed E-state index contributed by atoms with van der Waals surface area (Å²) in [6.45, 7) is -0.550. The molecule has 0 saturated carbocycles. The minimum absolute atomic E-state index is 0.190. The van der Waals surface area contributed by atoms with Crippen molar-refractivity contribution in [3.05, 3.63) is 40.3 Å². The van der Waals surface area contributed by atoms with Crippen molar-refractivity contribution in [2.24, 2.45) is 0 Å². The first-order valence-corrected chi connectivity index (χ1v) is 6.74. The molecule has 0 aliphatic carbocycles. The third kappa shape index (κ3) is 3.12. The Morgan fingerprint density at radius 3 is 2.45 bits per heavy atom. The van der Waals surface area contributed by atoms with E-state index in [9.17, 15) is 19.5 Å². The van der Waals surface area contributed by atoms with Crippen molar-refractivity contribution in [1.82, 2.24) is 4.90 Å². The minimum atomic E-state index is -1.36. The fourth-order valence-electron chi connectivity index (χ4n) is 1.59. The molecule has 0 unspecified atom stereocenters. The molecule has 20 heavy (non-hydrogen) atoms. The van der Waals surface area contributed by atoms with Crippen LogP contribution in [-0.4, -0.2) is 33.9 Å². The molecule has 1 aliphatic rings. The van der Waals surface area contributed by atoms with Crippen LogP contribution < -0.4 is 5.11 Å². The fraction of sp³-hybridized carbons (Fsp3) is 0.0769. The van der Waals surface area contributed by atoms with Gasteiger partial charge in [0.25, 0.3) is 5.91 Å². The Morgan fingerprint density at radius 1 is 1.30 bits per heavy atom. The maximum Gasteiger partial charge on any atom is 0.266 e. The summed E-state index contributed by atoms with van der Waals surface area (Å²) >= 11 is 6.00. The van der Waals surface area contributed by atoms with E-state index < -0.39 is 18.4 Å². The first kappa shape index (κ1) is 14.4. The van der Waals surface area contributed by atoms with E-state index in [0.29, 0.717) is 10.5 Å². The van der Waals surface area contributed by atoms with E-state index in [-0.39, 0.29) is 4.32 Å². The number of aldehydes is 1. The van der Waals surface area contributed by atoms with Gasteiger partial charge >= 0.3 is 0 Å². The Morgan fingerprint density at radius 2 is 1.90 bits per heavy atom. The van der Waals surface area contributed by atoms with E-state index >= 15 is 0 Å². The number of thioether (sulfide) groups is 1. The fourth-order valence-corrected chi connectivity index (χ4v) is 2.84. The largest absolute Gasteiger partial charge is 0.548 e. The molecule has 0 bridgehead atoms. The molecule has 1 saturated heterocycles. The zero-order chi connectivity index (χ0) is 14.7. The predicted octanol–water partition coefficient (Wildman–Crippen LogP) is 0.450. The second-order valence-corrected chi connectivity index (χ2v) is 5.60. The molecule has 0 aromatic heterocycles. The average Bonchev–Trinajstić information content (AvgIpc) is 2.67. The molecule has 0 spiro atoms. The molecule has 1 fully saturated rings. The van der Waals surface area contributed by atoms with Gasteiger partial charge < -0.3 is 9.90 Å². The second kappa shape index (κ2) is 5.98. The zero-order valence-electron chi connectivity index (χ0n) is 10.1. The molecular weight excluding hydrogens is 298 g/mol. The summed E-state index contributed by atoms with van der Waals surface area (Å²) in [6.07, 6.45) is 2.33. The highest BCUT2D eigenvalue weighted by Gasteiger charge is 2.31. The molecule has 1 aliphatic heterocycles. The van der Waals surface area contributed by atoms with E-state index in [4.69, 9.17) is 12.2 Å². The lowest BCUT2D eigenvalue weighted by Gasteiger charge is -2.14. The van der Waals surface area contributed by atoms with E-state index in [1.54, 1.807) is 30.3 Å². The Hall–Kier alpha value is -1.99. The van der Waals surface area contributed by atoms with Crippen LogP contribution in [0.1, 0.15) is 15.9 Å². The van der Waals surface area contributed by atoms with Crippen molar-refractivity contribution >= 4 is 52.5 Å². The van der Waals surface area contributed by atoms with Crippen LogP contribution in [0.5, 0.6) is 0 Å². The van der Waals surface area contributed by atoms with Crippen molar-refractivity contribution in [3.8, 4) is 0 Å². The topological polar surface area (TPSA) is 77.5 Å². The van der Waals surface area contributed by atoms with Crippen molar-refractivity contribution in [2.45, 2.75) is 0 Å². The van der Waals surface area contributed by atoms with Gasteiger partial charge in [0.15, 0.2) is 0 Å². The quantitative estimate of drug-likeness (QED) is 0.457. The molecule has 102 valence electrons. The molecule has 1 aromatic rings. The predicted molar refractivity (Wildman–Crippen MR) is 76.7 cm³/mol. The van der Waals surface area contributed by atoms with Crippen LogP contribution in [0.4, 0.5) is 0 Å². The van der Waals surface area contributed by atoms with E-state index in [1.165, 1.54) is 0 Å². The Balaban J connectivity index is 2.22. The monoisotopic (exact) mass is 306 g/mol. The van der Waals surface area contributed by atoms with Crippen molar-refractivity contribution < 1.29 is 19.5 Å². The van der Waals surface area contributed by atoms with E-state index in [2.05, 4.69) is 0 Å². The highest BCUT2D eigenvalue weighted by atomic mass is 32.2. The van der Waals surface area contributed by atoms with Gasteiger partial charge in [0.05, 0.1) is 17.4 Å². The lowest BCUT2D eigenvalue weighted by atomic mass is 10.1. The molecule has 1 amide bonds. The van der Waals surface area contributed by atoms with Crippen LogP contribution >= 0.6 is 24.0 Å². The number of amides is 1. The average molecular weight is 306 g/mol. The van der Waals surface area contributed by atoms with Crippen molar-refractivity contribution in [3.63, 3.8) is 0 Å². The summed E-state index contributed by atoms with van der Waals surface area (Å²) in [5, 5.41) is 10.6. The van der Waals surface area contributed by atoms with Gasteiger partial charge in [-0.25, -0.2) is 0 Å². The van der Waals surface area contributed by atoms with Crippen LogP contribution in [0.2, 0.25) is 0 Å². The number of rotatable bonds is 4. The molecule has 2 rings (SSSR count). The number of carbonyl (C=O) groups excluding carboxylic acids is 3. The number of aliphatic carboxylic acids is 1. The van der Waals surface area contributed by atoms with E-state index in [0.717, 1.165) is 28.5 Å². The van der Waals surface area contributed by atoms with Gasteiger partial charge in [-0.3, -0.25) is 14.5 Å². The zero-order valence-corrected chi connectivity index (χ0v) is 11.7. The molecule has 0 radical (unpaired) electrons. The van der Waals surface area contributed by atoms with Gasteiger partial charge in [0.1, 0.15) is 10.6 Å². The lowest BCUT2D eigenvalue weighted by molar-refractivity contribution is -0.305. The van der Waals surface area contributed by atoms with Crippen LogP contribution in [0, 0.1) is 0 Å². The van der Waals surface area contributed by atoms with Crippen molar-refractivity contribution in [1.29, 1.82) is 0 Å². The van der Waals surface area contributed by atoms with Crippen LogP contribution in [0.3, 0.4) is 0 Å². The standard InChI is InChI=1S/C13H9NO4S2/c15-7-9-3-1-8(2-4-9)5-10-12(18)14(6-11(16)17)13(19)20-10/h1-5,7H,6H2,(H,16,17)/p-1/b10-5-. The smallest absolute Gasteiger partial charge is 0.266 e. The number of carboxylic acids is 1. The molecule has 7 heteroatoms. The maximum absolute atomic E-state index is 12.0. The first-order chi connectivity index (χ1) is 9.51. The first-order valence-electron chi connectivity index (χ1n) is 5.51. The SMILES string of the molecule is O=Cc1ccc(/C=C2\SC(=S)N(CC(=O)[O-])C2=O)cc1. The number of carbonyl (C=O) groups is 3. The number of thiocarbonyl (C=S) groups is 1. The van der Waals surface area contributed by atoms with Crippen LogP contribution in [-0.2, 0) is 9.59 Å². The third-order valence-corrected chi connectivity index (χ3v) is 3.91. The maximum atomic E-state index is 12.0. The Kier molecular flexibility index (Phi) is 4.31. The number of nitrogens with zero attached hydrogens (tertiary/aromatic N) is 1. The summed E-state index contributed by atoms with van der Waals surface area (Å²) in [7, 11) is 0. The molecule has 1 aromatic carbocycles.